The third kappa shape index (κ3) is 5.79. The number of hydrogen-bond donors (Lipinski definition) is 0. The molecule has 0 unspecified atom stereocenters. The molecule has 0 aliphatic carbocycles. The molecule has 1 rings (SSSR count). The van der Waals surface area contributed by atoms with Gasteiger partial charge < -0.3 is 9.80 Å². The van der Waals surface area contributed by atoms with Crippen molar-refractivity contribution in [2.75, 3.05) is 32.4 Å². The van der Waals surface area contributed by atoms with Crippen molar-refractivity contribution in [3.63, 3.8) is 0 Å². The van der Waals surface area contributed by atoms with Gasteiger partial charge in [-0.05, 0) is 32.9 Å². The van der Waals surface area contributed by atoms with E-state index >= 15 is 0 Å². The number of carbonyl (C=O) groups excluding carboxylic acids is 2. The van der Waals surface area contributed by atoms with Gasteiger partial charge in [0.2, 0.25) is 11.8 Å². The molecule has 0 aliphatic rings. The average molecular weight is 308 g/mol. The molecule has 0 saturated carbocycles. The van der Waals surface area contributed by atoms with Crippen molar-refractivity contribution in [2.45, 2.75) is 25.7 Å². The summed E-state index contributed by atoms with van der Waals surface area (Å²) in [5.74, 6) is 0.322. The van der Waals surface area contributed by atoms with Crippen LogP contribution >= 0.6 is 11.8 Å². The number of amides is 2. The Morgan fingerprint density at radius 1 is 1.05 bits per heavy atom. The van der Waals surface area contributed by atoms with E-state index in [0.717, 1.165) is 4.90 Å². The maximum absolute atomic E-state index is 12.1. The van der Waals surface area contributed by atoms with E-state index in [1.165, 1.54) is 22.2 Å². The monoisotopic (exact) mass is 308 g/mol. The van der Waals surface area contributed by atoms with Crippen molar-refractivity contribution in [1.82, 2.24) is 9.80 Å². The summed E-state index contributed by atoms with van der Waals surface area (Å²) in [5, 5.41) is 0. The lowest BCUT2D eigenvalue weighted by atomic mass is 10.2. The fraction of sp³-hybridized carbons (Fsp3) is 0.500. The second kappa shape index (κ2) is 8.72. The summed E-state index contributed by atoms with van der Waals surface area (Å²) in [7, 11) is 1.68. The molecule has 0 N–H and O–H groups in total. The molecular weight excluding hydrogens is 284 g/mol. The summed E-state index contributed by atoms with van der Waals surface area (Å²) in [6, 6.07) is 8.07. The standard InChI is InChI=1S/C16H24N2O2S/c1-5-18(6-2)15(19)11-17(4)16(20)12-21-14-9-7-13(3)8-10-14/h7-10H,5-6,11-12H2,1-4H3. The van der Waals surface area contributed by atoms with E-state index in [1.54, 1.807) is 11.9 Å². The lowest BCUT2D eigenvalue weighted by Crippen LogP contribution is -2.41. The van der Waals surface area contributed by atoms with Gasteiger partial charge in [0.1, 0.15) is 0 Å². The zero-order valence-electron chi connectivity index (χ0n) is 13.3. The third-order valence-corrected chi connectivity index (χ3v) is 4.29. The van der Waals surface area contributed by atoms with Crippen molar-refractivity contribution in [2.24, 2.45) is 0 Å². The Morgan fingerprint density at radius 3 is 2.14 bits per heavy atom. The van der Waals surface area contributed by atoms with Crippen LogP contribution in [0.3, 0.4) is 0 Å². The van der Waals surface area contributed by atoms with Crippen molar-refractivity contribution in [1.29, 1.82) is 0 Å². The molecule has 0 atom stereocenters. The number of nitrogens with zero attached hydrogens (tertiary/aromatic N) is 2. The Morgan fingerprint density at radius 2 is 1.62 bits per heavy atom. The van der Waals surface area contributed by atoms with Gasteiger partial charge in [0.25, 0.3) is 0 Å². The molecule has 0 heterocycles. The molecule has 0 fully saturated rings. The Labute approximate surface area is 131 Å². The van der Waals surface area contributed by atoms with Crippen LogP contribution in [0.2, 0.25) is 0 Å². The van der Waals surface area contributed by atoms with Crippen molar-refractivity contribution < 1.29 is 9.59 Å². The van der Waals surface area contributed by atoms with Gasteiger partial charge in [0.05, 0.1) is 12.3 Å². The molecule has 0 spiro atoms. The molecular formula is C16H24N2O2S. The number of aryl methyl sites for hydroxylation is 1. The lowest BCUT2D eigenvalue weighted by Gasteiger charge is -2.23. The normalized spacial score (nSPS) is 10.3. The zero-order chi connectivity index (χ0) is 15.8. The van der Waals surface area contributed by atoms with Crippen LogP contribution in [0.4, 0.5) is 0 Å². The molecule has 4 nitrogen and oxygen atoms in total. The summed E-state index contributed by atoms with van der Waals surface area (Å²) in [4.78, 5) is 28.3. The first-order chi connectivity index (χ1) is 9.97. The zero-order valence-corrected chi connectivity index (χ0v) is 14.1. The van der Waals surface area contributed by atoms with E-state index in [0.29, 0.717) is 18.8 Å². The minimum atomic E-state index is -0.0268. The Kier molecular flexibility index (Phi) is 7.29. The summed E-state index contributed by atoms with van der Waals surface area (Å²) in [6.07, 6.45) is 0. The Hall–Kier alpha value is -1.49. The van der Waals surface area contributed by atoms with Crippen LogP contribution in [0.1, 0.15) is 19.4 Å². The van der Waals surface area contributed by atoms with Crippen molar-refractivity contribution in [3.8, 4) is 0 Å². The van der Waals surface area contributed by atoms with Crippen molar-refractivity contribution >= 4 is 23.6 Å². The van der Waals surface area contributed by atoms with Crippen LogP contribution in [0, 0.1) is 6.92 Å². The molecule has 0 bridgehead atoms. The third-order valence-electron chi connectivity index (χ3n) is 3.30. The summed E-state index contributed by atoms with van der Waals surface area (Å²) in [5.41, 5.74) is 1.20. The molecule has 21 heavy (non-hydrogen) atoms. The highest BCUT2D eigenvalue weighted by Crippen LogP contribution is 2.18. The van der Waals surface area contributed by atoms with Gasteiger partial charge >= 0.3 is 0 Å². The Balaban J connectivity index is 2.44. The number of rotatable bonds is 7. The number of thioether (sulfide) groups is 1. The first kappa shape index (κ1) is 17.6. The van der Waals surface area contributed by atoms with E-state index in [1.807, 2.05) is 45.0 Å². The first-order valence-corrected chi connectivity index (χ1v) is 8.17. The van der Waals surface area contributed by atoms with Gasteiger partial charge in [-0.2, -0.15) is 0 Å². The van der Waals surface area contributed by atoms with E-state index in [9.17, 15) is 9.59 Å². The number of hydrogen-bond acceptors (Lipinski definition) is 3. The first-order valence-electron chi connectivity index (χ1n) is 7.19. The second-order valence-corrected chi connectivity index (χ2v) is 5.97. The van der Waals surface area contributed by atoms with Gasteiger partial charge in [-0.3, -0.25) is 9.59 Å². The SMILES string of the molecule is CCN(CC)C(=O)CN(C)C(=O)CSc1ccc(C)cc1. The molecule has 2 amide bonds. The highest BCUT2D eigenvalue weighted by atomic mass is 32.2. The van der Waals surface area contributed by atoms with Crippen LogP contribution in [-0.2, 0) is 9.59 Å². The average Bonchev–Trinajstić information content (AvgIpc) is 2.47. The highest BCUT2D eigenvalue weighted by Gasteiger charge is 2.16. The molecule has 1 aromatic rings. The molecule has 0 radical (unpaired) electrons. The van der Waals surface area contributed by atoms with Crippen LogP contribution < -0.4 is 0 Å². The molecule has 5 heteroatoms. The van der Waals surface area contributed by atoms with E-state index in [-0.39, 0.29) is 18.4 Å². The topological polar surface area (TPSA) is 40.6 Å². The maximum Gasteiger partial charge on any atom is 0.242 e. The smallest absolute Gasteiger partial charge is 0.242 e. The molecule has 116 valence electrons. The number of benzene rings is 1. The van der Waals surface area contributed by atoms with Crippen molar-refractivity contribution in [3.05, 3.63) is 29.8 Å². The largest absolute Gasteiger partial charge is 0.342 e. The molecule has 0 aromatic heterocycles. The van der Waals surface area contributed by atoms with Crippen LogP contribution in [0.15, 0.2) is 29.2 Å². The van der Waals surface area contributed by atoms with Crippen LogP contribution in [-0.4, -0.2) is 54.0 Å². The fourth-order valence-corrected chi connectivity index (χ4v) is 2.70. The molecule has 1 aromatic carbocycles. The van der Waals surface area contributed by atoms with Gasteiger partial charge in [0.15, 0.2) is 0 Å². The van der Waals surface area contributed by atoms with Gasteiger partial charge in [0, 0.05) is 25.0 Å². The predicted octanol–water partition coefficient (Wildman–Crippen LogP) is 2.41. The van der Waals surface area contributed by atoms with E-state index in [4.69, 9.17) is 0 Å². The second-order valence-electron chi connectivity index (χ2n) is 4.92. The molecule has 0 aliphatic heterocycles. The van der Waals surface area contributed by atoms with Crippen LogP contribution in [0.25, 0.3) is 0 Å². The number of likely N-dealkylation sites (N-methyl/N-ethyl adjacent to an activating group) is 2. The minimum absolute atomic E-state index is 0.00353. The highest BCUT2D eigenvalue weighted by molar-refractivity contribution is 8.00. The van der Waals surface area contributed by atoms with Gasteiger partial charge in [-0.15, -0.1) is 11.8 Å². The van der Waals surface area contributed by atoms with Gasteiger partial charge in [-0.1, -0.05) is 17.7 Å². The van der Waals surface area contributed by atoms with Crippen LogP contribution in [0.5, 0.6) is 0 Å². The van der Waals surface area contributed by atoms with Gasteiger partial charge in [-0.25, -0.2) is 0 Å². The summed E-state index contributed by atoms with van der Waals surface area (Å²) < 4.78 is 0. The van der Waals surface area contributed by atoms with E-state index in [2.05, 4.69) is 0 Å². The quantitative estimate of drug-likeness (QED) is 0.726. The van der Waals surface area contributed by atoms with E-state index < -0.39 is 0 Å². The minimum Gasteiger partial charge on any atom is -0.342 e. The fourth-order valence-electron chi connectivity index (χ4n) is 1.86. The summed E-state index contributed by atoms with van der Waals surface area (Å²) in [6.45, 7) is 7.42. The predicted molar refractivity (Wildman–Crippen MR) is 87.5 cm³/mol. The Bertz CT molecular complexity index is 470. The lowest BCUT2D eigenvalue weighted by molar-refractivity contribution is -0.137. The number of carbonyl (C=O) groups is 2. The summed E-state index contributed by atoms with van der Waals surface area (Å²) >= 11 is 1.50. The molecule has 0 saturated heterocycles. The maximum atomic E-state index is 12.1.